The molecule has 0 aromatic heterocycles. The van der Waals surface area contributed by atoms with Crippen LogP contribution in [0, 0.1) is 0 Å². The third-order valence-corrected chi connectivity index (χ3v) is 8.64. The fourth-order valence-electron chi connectivity index (χ4n) is 5.04. The summed E-state index contributed by atoms with van der Waals surface area (Å²) in [5.74, 6) is 0.841. The molecule has 0 saturated heterocycles. The average molecular weight is 565 g/mol. The molecule has 1 unspecified atom stereocenters. The van der Waals surface area contributed by atoms with Crippen molar-refractivity contribution in [1.82, 2.24) is 10.0 Å². The van der Waals surface area contributed by atoms with Gasteiger partial charge in [-0.1, -0.05) is 36.2 Å². The van der Waals surface area contributed by atoms with Gasteiger partial charge in [-0.25, -0.2) is 13.1 Å². The first kappa shape index (κ1) is 30.2. The average Bonchev–Trinajstić information content (AvgIpc) is 2.77. The van der Waals surface area contributed by atoms with Crippen LogP contribution >= 0.6 is 36.4 Å². The van der Waals surface area contributed by atoms with E-state index >= 15 is 0 Å². The molecule has 1 atom stereocenters. The number of halogens is 3. The number of hydrogen-bond acceptors (Lipinski definition) is 5. The second-order valence-electron chi connectivity index (χ2n) is 9.07. The van der Waals surface area contributed by atoms with Gasteiger partial charge in [-0.3, -0.25) is 0 Å². The first-order valence-electron chi connectivity index (χ1n) is 11.9. The third-order valence-electron chi connectivity index (χ3n) is 6.92. The van der Waals surface area contributed by atoms with Gasteiger partial charge in [0.05, 0.1) is 12.4 Å². The lowest BCUT2D eigenvalue weighted by atomic mass is 9.58. The summed E-state index contributed by atoms with van der Waals surface area (Å²) in [5, 5.41) is 4.55. The Morgan fingerprint density at radius 1 is 1.11 bits per heavy atom. The van der Waals surface area contributed by atoms with E-state index < -0.39 is 10.0 Å². The highest BCUT2D eigenvalue weighted by molar-refractivity contribution is 7.89. The molecule has 1 aliphatic carbocycles. The Morgan fingerprint density at radius 2 is 1.86 bits per heavy atom. The van der Waals surface area contributed by atoms with Crippen LogP contribution in [0.25, 0.3) is 0 Å². The van der Waals surface area contributed by atoms with Crippen molar-refractivity contribution in [3.63, 3.8) is 0 Å². The Kier molecular flexibility index (Phi) is 11.6. The van der Waals surface area contributed by atoms with Crippen molar-refractivity contribution in [1.29, 1.82) is 0 Å². The minimum absolute atomic E-state index is 0. The monoisotopic (exact) mass is 563 g/mol. The van der Waals surface area contributed by atoms with Crippen molar-refractivity contribution in [3.8, 4) is 5.75 Å². The first-order chi connectivity index (χ1) is 15.9. The molecule has 0 radical (unpaired) electrons. The molecule has 196 valence electrons. The van der Waals surface area contributed by atoms with Gasteiger partial charge >= 0.3 is 0 Å². The highest BCUT2D eigenvalue weighted by atomic mass is 35.5. The smallest absolute Gasteiger partial charge is 0.211 e. The molecule has 1 heterocycles. The van der Waals surface area contributed by atoms with Gasteiger partial charge in [0.2, 0.25) is 10.0 Å². The predicted molar refractivity (Wildman–Crippen MR) is 148 cm³/mol. The summed E-state index contributed by atoms with van der Waals surface area (Å²) in [6.07, 6.45) is 5.58. The van der Waals surface area contributed by atoms with Crippen molar-refractivity contribution >= 4 is 46.4 Å². The van der Waals surface area contributed by atoms with Crippen molar-refractivity contribution < 1.29 is 13.2 Å². The van der Waals surface area contributed by atoms with Gasteiger partial charge in [-0.05, 0) is 86.1 Å². The molecule has 0 spiro atoms. The van der Waals surface area contributed by atoms with Crippen LogP contribution in [0.3, 0.4) is 0 Å². The van der Waals surface area contributed by atoms with Crippen LogP contribution in [0.2, 0.25) is 5.02 Å². The quantitative estimate of drug-likeness (QED) is 0.349. The number of benzene rings is 2. The number of nitrogens with two attached hydrogens (primary N) is 1. The molecule has 4 N–H and O–H groups in total. The lowest BCUT2D eigenvalue weighted by Crippen LogP contribution is -2.49. The summed E-state index contributed by atoms with van der Waals surface area (Å²) >= 11 is 6.15. The summed E-state index contributed by atoms with van der Waals surface area (Å²) in [4.78, 5) is 0. The number of fused-ring (bicyclic) bond motifs is 1. The van der Waals surface area contributed by atoms with Crippen LogP contribution in [0.15, 0.2) is 42.5 Å². The van der Waals surface area contributed by atoms with Crippen LogP contribution in [0.4, 0.5) is 0 Å². The van der Waals surface area contributed by atoms with Gasteiger partial charge in [-0.15, -0.1) is 24.8 Å². The molecule has 1 aliphatic heterocycles. The van der Waals surface area contributed by atoms with Gasteiger partial charge in [0, 0.05) is 23.0 Å². The normalized spacial score (nSPS) is 18.4. The van der Waals surface area contributed by atoms with E-state index in [2.05, 4.69) is 34.3 Å². The fraction of sp³-hybridized carbons (Fsp3) is 0.520. The van der Waals surface area contributed by atoms with E-state index in [1.54, 1.807) is 0 Å². The van der Waals surface area contributed by atoms with Gasteiger partial charge in [-0.2, -0.15) is 0 Å². The maximum absolute atomic E-state index is 12.0. The maximum atomic E-state index is 12.0. The lowest BCUT2D eigenvalue weighted by molar-refractivity contribution is 0.164. The number of sulfonamides is 1. The van der Waals surface area contributed by atoms with Crippen molar-refractivity contribution in [2.24, 2.45) is 5.73 Å². The number of hydrogen-bond donors (Lipinski definition) is 3. The molecule has 0 amide bonds. The predicted octanol–water partition coefficient (Wildman–Crippen LogP) is 4.53. The molecule has 35 heavy (non-hydrogen) atoms. The second kappa shape index (κ2) is 13.5. The number of ether oxygens (including phenoxy) is 1. The molecule has 10 heteroatoms. The second-order valence-corrected chi connectivity index (χ2v) is 11.4. The SMILES string of the molecule is Cl.Cl.NCCCNS(=O)(=O)CCCOc1ccc2c(c1)C(C1(c3ccc(Cl)cc3)CCC1)NCC2. The zero-order valence-electron chi connectivity index (χ0n) is 19.8. The van der Waals surface area contributed by atoms with E-state index in [-0.39, 0.29) is 42.0 Å². The maximum Gasteiger partial charge on any atom is 0.211 e. The van der Waals surface area contributed by atoms with Crippen LogP contribution in [-0.2, 0) is 21.9 Å². The van der Waals surface area contributed by atoms with E-state index in [1.165, 1.54) is 23.1 Å². The van der Waals surface area contributed by atoms with Gasteiger partial charge in [0.1, 0.15) is 5.75 Å². The first-order valence-corrected chi connectivity index (χ1v) is 13.9. The van der Waals surface area contributed by atoms with Crippen LogP contribution in [-0.4, -0.2) is 40.4 Å². The van der Waals surface area contributed by atoms with E-state index in [9.17, 15) is 8.42 Å². The molecular formula is C25H36Cl3N3O3S. The topological polar surface area (TPSA) is 93.5 Å². The van der Waals surface area contributed by atoms with E-state index in [4.69, 9.17) is 22.1 Å². The summed E-state index contributed by atoms with van der Waals surface area (Å²) in [7, 11) is -3.29. The standard InChI is InChI=1S/C25H34ClN3O3S.2ClH/c26-21-7-5-20(6-8-21)25(11-1-12-25)24-23-18-22(9-4-19(23)10-15-28-24)32-16-3-17-33(30,31)29-14-2-13-27;;/h4-9,18,24,28-29H,1-3,10-17,27H2;2*1H. The van der Waals surface area contributed by atoms with E-state index in [0.29, 0.717) is 32.5 Å². The molecule has 2 aromatic carbocycles. The Morgan fingerprint density at radius 3 is 2.51 bits per heavy atom. The molecule has 1 fully saturated rings. The van der Waals surface area contributed by atoms with Crippen molar-refractivity contribution in [2.45, 2.75) is 50.0 Å². The minimum atomic E-state index is -3.29. The molecule has 2 aromatic rings. The zero-order valence-corrected chi connectivity index (χ0v) is 23.0. The summed E-state index contributed by atoms with van der Waals surface area (Å²) in [5.41, 5.74) is 9.48. The highest BCUT2D eigenvalue weighted by Crippen LogP contribution is 2.53. The summed E-state index contributed by atoms with van der Waals surface area (Å²) in [6, 6.07) is 14.9. The Hall–Kier alpha value is -1.06. The molecule has 0 bridgehead atoms. The minimum Gasteiger partial charge on any atom is -0.494 e. The molecule has 4 rings (SSSR count). The summed E-state index contributed by atoms with van der Waals surface area (Å²) < 4.78 is 32.6. The van der Waals surface area contributed by atoms with Crippen LogP contribution in [0.1, 0.15) is 54.8 Å². The number of rotatable bonds is 11. The Balaban J connectivity index is 0.00000216. The largest absolute Gasteiger partial charge is 0.494 e. The van der Waals surface area contributed by atoms with Crippen LogP contribution < -0.4 is 20.5 Å². The zero-order chi connectivity index (χ0) is 23.3. The van der Waals surface area contributed by atoms with Gasteiger partial charge in [0.15, 0.2) is 0 Å². The van der Waals surface area contributed by atoms with Crippen molar-refractivity contribution in [3.05, 3.63) is 64.2 Å². The van der Waals surface area contributed by atoms with Crippen LogP contribution in [0.5, 0.6) is 5.75 Å². The lowest BCUT2D eigenvalue weighted by Gasteiger charge is -2.50. The van der Waals surface area contributed by atoms with Gasteiger partial charge in [0.25, 0.3) is 0 Å². The van der Waals surface area contributed by atoms with Gasteiger partial charge < -0.3 is 15.8 Å². The third kappa shape index (κ3) is 7.25. The molecule has 2 aliphatic rings. The Bertz CT molecular complexity index is 1050. The van der Waals surface area contributed by atoms with E-state index in [0.717, 1.165) is 36.6 Å². The highest BCUT2D eigenvalue weighted by Gasteiger charge is 2.47. The molecule has 1 saturated carbocycles. The molecular weight excluding hydrogens is 529 g/mol. The summed E-state index contributed by atoms with van der Waals surface area (Å²) in [6.45, 7) is 2.17. The Labute approximate surface area is 226 Å². The number of nitrogens with one attached hydrogen (secondary N) is 2. The fourth-order valence-corrected chi connectivity index (χ4v) is 6.26. The van der Waals surface area contributed by atoms with E-state index in [1.807, 2.05) is 18.2 Å². The molecule has 6 nitrogen and oxygen atoms in total. The van der Waals surface area contributed by atoms with Crippen molar-refractivity contribution in [2.75, 3.05) is 32.0 Å².